The summed E-state index contributed by atoms with van der Waals surface area (Å²) in [5.74, 6) is 0.333. The molecule has 5 nitrogen and oxygen atoms in total. The van der Waals surface area contributed by atoms with E-state index in [9.17, 15) is 9.59 Å². The van der Waals surface area contributed by atoms with Gasteiger partial charge in [0, 0.05) is 17.2 Å². The second-order valence-corrected chi connectivity index (χ2v) is 6.97. The second-order valence-electron chi connectivity index (χ2n) is 5.30. The number of methoxy groups -OCH3 is 2. The monoisotopic (exact) mass is 385 g/mol. The van der Waals surface area contributed by atoms with Gasteiger partial charge in [0.15, 0.2) is 4.32 Å². The van der Waals surface area contributed by atoms with Crippen LogP contribution < -0.4 is 9.47 Å². The Morgan fingerprint density at radius 1 is 1.12 bits per heavy atom. The minimum absolute atomic E-state index is 0.211. The van der Waals surface area contributed by atoms with Gasteiger partial charge in [0.2, 0.25) is 0 Å². The fourth-order valence-electron chi connectivity index (χ4n) is 2.43. The molecule has 1 saturated heterocycles. The Labute approximate surface area is 160 Å². The summed E-state index contributed by atoms with van der Waals surface area (Å²) in [6.45, 7) is 0. The van der Waals surface area contributed by atoms with Gasteiger partial charge in [-0.2, -0.15) is 0 Å². The second kappa shape index (κ2) is 7.72. The van der Waals surface area contributed by atoms with Gasteiger partial charge in [-0.25, -0.2) is 4.90 Å². The quantitative estimate of drug-likeness (QED) is 0.454. The van der Waals surface area contributed by atoms with Crippen molar-refractivity contribution in [2.24, 2.45) is 0 Å². The number of nitrogens with zero attached hydrogens (tertiary/aromatic N) is 1. The van der Waals surface area contributed by atoms with Crippen molar-refractivity contribution >= 4 is 46.2 Å². The van der Waals surface area contributed by atoms with Crippen LogP contribution in [0.5, 0.6) is 11.5 Å². The molecule has 7 heteroatoms. The van der Waals surface area contributed by atoms with Gasteiger partial charge in [-0.1, -0.05) is 42.2 Å². The van der Waals surface area contributed by atoms with Gasteiger partial charge >= 0.3 is 0 Å². The molecular formula is C19H15NO4S2. The van der Waals surface area contributed by atoms with Gasteiger partial charge in [-0.15, -0.1) is 0 Å². The Morgan fingerprint density at radius 3 is 2.50 bits per heavy atom. The normalized spacial score (nSPS) is 15.5. The average Bonchev–Trinajstić information content (AvgIpc) is 2.95. The number of benzene rings is 2. The number of ether oxygens (including phenoxy) is 2. The van der Waals surface area contributed by atoms with Crippen molar-refractivity contribution in [3.63, 3.8) is 0 Å². The van der Waals surface area contributed by atoms with Gasteiger partial charge in [-0.05, 0) is 30.3 Å². The summed E-state index contributed by atoms with van der Waals surface area (Å²) in [6, 6.07) is 13.9. The van der Waals surface area contributed by atoms with Crippen molar-refractivity contribution in [3.05, 3.63) is 64.6 Å². The number of thioether (sulfide) groups is 1. The van der Waals surface area contributed by atoms with Crippen LogP contribution in [-0.4, -0.2) is 35.3 Å². The Morgan fingerprint density at radius 2 is 1.85 bits per heavy atom. The first-order valence-corrected chi connectivity index (χ1v) is 8.87. The van der Waals surface area contributed by atoms with E-state index in [-0.39, 0.29) is 4.32 Å². The molecule has 0 bridgehead atoms. The fraction of sp³-hybridized carbons (Fsp3) is 0.105. The molecule has 1 aliphatic heterocycles. The van der Waals surface area contributed by atoms with Crippen LogP contribution in [0.3, 0.4) is 0 Å². The van der Waals surface area contributed by atoms with Crippen molar-refractivity contribution in [2.75, 3.05) is 14.2 Å². The van der Waals surface area contributed by atoms with Crippen molar-refractivity contribution in [1.82, 2.24) is 4.90 Å². The molecule has 132 valence electrons. The van der Waals surface area contributed by atoms with Crippen molar-refractivity contribution in [1.29, 1.82) is 0 Å². The first-order chi connectivity index (χ1) is 12.5. The molecule has 0 aromatic heterocycles. The predicted molar refractivity (Wildman–Crippen MR) is 105 cm³/mol. The highest BCUT2D eigenvalue weighted by Crippen LogP contribution is 2.36. The van der Waals surface area contributed by atoms with Crippen LogP contribution in [0.4, 0.5) is 0 Å². The van der Waals surface area contributed by atoms with E-state index >= 15 is 0 Å². The number of thiocarbonyl (C=S) groups is 1. The molecule has 1 heterocycles. The van der Waals surface area contributed by atoms with Crippen LogP contribution in [0.1, 0.15) is 15.9 Å². The maximum Gasteiger partial charge on any atom is 0.273 e. The third kappa shape index (κ3) is 3.49. The average molecular weight is 385 g/mol. The molecule has 26 heavy (non-hydrogen) atoms. The number of carbonyl (C=O) groups excluding carboxylic acids is 2. The van der Waals surface area contributed by atoms with E-state index in [0.717, 1.165) is 16.7 Å². The van der Waals surface area contributed by atoms with Gasteiger partial charge in [0.05, 0.1) is 19.1 Å². The molecule has 0 spiro atoms. The minimum Gasteiger partial charge on any atom is -0.497 e. The van der Waals surface area contributed by atoms with Gasteiger partial charge in [0.25, 0.3) is 11.8 Å². The van der Waals surface area contributed by atoms with E-state index in [1.807, 2.05) is 0 Å². The number of imide groups is 1. The predicted octanol–water partition coefficient (Wildman–Crippen LogP) is 3.75. The molecular weight excluding hydrogens is 370 g/mol. The first-order valence-electron chi connectivity index (χ1n) is 7.64. The molecule has 1 fully saturated rings. The Bertz CT molecular complexity index is 909. The van der Waals surface area contributed by atoms with Crippen molar-refractivity contribution in [3.8, 4) is 11.5 Å². The van der Waals surface area contributed by atoms with Gasteiger partial charge in [0.1, 0.15) is 11.5 Å². The molecule has 0 aliphatic carbocycles. The molecule has 0 saturated carbocycles. The molecule has 2 aromatic carbocycles. The summed E-state index contributed by atoms with van der Waals surface area (Å²) < 4.78 is 10.7. The van der Waals surface area contributed by atoms with Gasteiger partial charge in [-0.3, -0.25) is 9.59 Å². The summed E-state index contributed by atoms with van der Waals surface area (Å²) in [4.78, 5) is 26.7. The molecule has 3 rings (SSSR count). The summed E-state index contributed by atoms with van der Waals surface area (Å²) in [5.41, 5.74) is 1.10. The Balaban J connectivity index is 1.92. The lowest BCUT2D eigenvalue weighted by Gasteiger charge is -2.12. The van der Waals surface area contributed by atoms with Crippen molar-refractivity contribution in [2.45, 2.75) is 0 Å². The summed E-state index contributed by atoms with van der Waals surface area (Å²) >= 11 is 6.33. The van der Waals surface area contributed by atoms with Crippen LogP contribution in [0.25, 0.3) is 6.08 Å². The third-order valence-corrected chi connectivity index (χ3v) is 5.05. The van der Waals surface area contributed by atoms with E-state index in [4.69, 9.17) is 21.7 Å². The minimum atomic E-state index is -0.438. The lowest BCUT2D eigenvalue weighted by Crippen LogP contribution is -2.34. The van der Waals surface area contributed by atoms with Gasteiger partial charge < -0.3 is 9.47 Å². The molecule has 0 N–H and O–H groups in total. The summed E-state index contributed by atoms with van der Waals surface area (Å²) in [6.07, 6.45) is 1.66. The fourth-order valence-corrected chi connectivity index (χ4v) is 3.68. The zero-order valence-electron chi connectivity index (χ0n) is 14.1. The van der Waals surface area contributed by atoms with Crippen molar-refractivity contribution < 1.29 is 19.1 Å². The SMILES string of the molecule is COc1ccc(/C=C2/SC(=S)N(C(=O)c3ccccc3)C2=O)c(OC)c1. The van der Waals surface area contributed by atoms with Crippen LogP contribution in [0.2, 0.25) is 0 Å². The maximum atomic E-state index is 12.7. The zero-order valence-corrected chi connectivity index (χ0v) is 15.7. The van der Waals surface area contributed by atoms with Crippen LogP contribution >= 0.6 is 24.0 Å². The third-order valence-electron chi connectivity index (χ3n) is 3.74. The lowest BCUT2D eigenvalue weighted by molar-refractivity contribution is -0.120. The number of hydrogen-bond donors (Lipinski definition) is 0. The number of amides is 2. The molecule has 0 atom stereocenters. The molecule has 1 aliphatic rings. The highest BCUT2D eigenvalue weighted by atomic mass is 32.2. The first kappa shape index (κ1) is 18.2. The van der Waals surface area contributed by atoms with E-state index in [0.29, 0.717) is 27.5 Å². The lowest BCUT2D eigenvalue weighted by atomic mass is 10.1. The largest absolute Gasteiger partial charge is 0.497 e. The topological polar surface area (TPSA) is 55.8 Å². The van der Waals surface area contributed by atoms with Crippen LogP contribution in [-0.2, 0) is 4.79 Å². The Hall–Kier alpha value is -2.64. The standard InChI is InChI=1S/C19H15NO4S2/c1-23-14-9-8-13(15(11-14)24-2)10-16-18(22)20(19(25)26-16)17(21)12-6-4-3-5-7-12/h3-11H,1-2H3/b16-10+. The smallest absolute Gasteiger partial charge is 0.273 e. The summed E-state index contributed by atoms with van der Waals surface area (Å²) in [5, 5.41) is 0. The van der Waals surface area contributed by atoms with E-state index in [1.54, 1.807) is 61.7 Å². The number of rotatable bonds is 4. The maximum absolute atomic E-state index is 12.7. The van der Waals surface area contributed by atoms with E-state index in [1.165, 1.54) is 7.11 Å². The summed E-state index contributed by atoms with van der Waals surface area (Å²) in [7, 11) is 3.10. The molecule has 0 radical (unpaired) electrons. The number of carbonyl (C=O) groups is 2. The molecule has 2 amide bonds. The molecule has 0 unspecified atom stereocenters. The highest BCUT2D eigenvalue weighted by Gasteiger charge is 2.37. The van der Waals surface area contributed by atoms with E-state index < -0.39 is 11.8 Å². The number of hydrogen-bond acceptors (Lipinski definition) is 6. The van der Waals surface area contributed by atoms with Crippen LogP contribution in [0, 0.1) is 0 Å². The molecule has 2 aromatic rings. The zero-order chi connectivity index (χ0) is 18.7. The highest BCUT2D eigenvalue weighted by molar-refractivity contribution is 8.26. The van der Waals surface area contributed by atoms with Crippen LogP contribution in [0.15, 0.2) is 53.4 Å². The Kier molecular flexibility index (Phi) is 5.39. The van der Waals surface area contributed by atoms with E-state index in [2.05, 4.69) is 0 Å².